The van der Waals surface area contributed by atoms with Gasteiger partial charge >= 0.3 is 0 Å². The zero-order valence-electron chi connectivity index (χ0n) is 12.4. The molecule has 0 heterocycles. The Kier molecular flexibility index (Phi) is 6.67. The van der Waals surface area contributed by atoms with E-state index >= 15 is 0 Å². The van der Waals surface area contributed by atoms with Gasteiger partial charge in [0.25, 0.3) is 0 Å². The quantitative estimate of drug-likeness (QED) is 0.561. The summed E-state index contributed by atoms with van der Waals surface area (Å²) in [6.07, 6.45) is 3.43. The van der Waals surface area contributed by atoms with Crippen LogP contribution in [0.15, 0.2) is 18.2 Å². The summed E-state index contributed by atoms with van der Waals surface area (Å²) < 4.78 is 10.6. The number of nitrogens with one attached hydrogen (secondary N) is 1. The Morgan fingerprint density at radius 2 is 1.89 bits per heavy atom. The minimum Gasteiger partial charge on any atom is -0.493 e. The van der Waals surface area contributed by atoms with E-state index in [9.17, 15) is 0 Å². The number of ether oxygens (including phenoxy) is 2. The molecule has 1 aromatic rings. The van der Waals surface area contributed by atoms with Gasteiger partial charge in [-0.1, -0.05) is 32.8 Å². The molecule has 1 rings (SSSR count). The third-order valence-corrected chi connectivity index (χ3v) is 3.43. The van der Waals surface area contributed by atoms with Crippen molar-refractivity contribution in [1.82, 2.24) is 5.43 Å². The number of hydrogen-bond acceptors (Lipinski definition) is 4. The molecule has 1 aromatic carbocycles. The van der Waals surface area contributed by atoms with Crippen molar-refractivity contribution in [2.75, 3.05) is 14.2 Å². The Morgan fingerprint density at radius 1 is 1.21 bits per heavy atom. The van der Waals surface area contributed by atoms with Crippen molar-refractivity contribution in [1.29, 1.82) is 0 Å². The number of hydrogen-bond donors (Lipinski definition) is 2. The van der Waals surface area contributed by atoms with Gasteiger partial charge in [-0.3, -0.25) is 11.3 Å². The molecule has 0 amide bonds. The van der Waals surface area contributed by atoms with Crippen LogP contribution in [0.5, 0.6) is 11.5 Å². The first-order valence-corrected chi connectivity index (χ1v) is 6.84. The monoisotopic (exact) mass is 266 g/mol. The highest BCUT2D eigenvalue weighted by atomic mass is 16.5. The number of rotatable bonds is 8. The van der Waals surface area contributed by atoms with Crippen LogP contribution in [0.2, 0.25) is 0 Å². The van der Waals surface area contributed by atoms with Gasteiger partial charge in [-0.2, -0.15) is 0 Å². The van der Waals surface area contributed by atoms with E-state index in [1.807, 2.05) is 18.2 Å². The molecule has 19 heavy (non-hydrogen) atoms. The Labute approximate surface area is 116 Å². The maximum atomic E-state index is 5.69. The Hall–Kier alpha value is -1.26. The second-order valence-corrected chi connectivity index (χ2v) is 4.96. The van der Waals surface area contributed by atoms with Gasteiger partial charge in [0.1, 0.15) is 0 Å². The largest absolute Gasteiger partial charge is 0.493 e. The number of benzene rings is 1. The van der Waals surface area contributed by atoms with Crippen LogP contribution >= 0.6 is 0 Å². The van der Waals surface area contributed by atoms with Crippen LogP contribution in [0.4, 0.5) is 0 Å². The molecular formula is C15H26N2O2. The van der Waals surface area contributed by atoms with E-state index in [2.05, 4.69) is 19.3 Å². The molecule has 3 N–H and O–H groups in total. The minimum absolute atomic E-state index is 0.140. The molecule has 0 aromatic heterocycles. The lowest BCUT2D eigenvalue weighted by atomic mass is 9.93. The van der Waals surface area contributed by atoms with E-state index in [1.54, 1.807) is 14.2 Å². The Balaban J connectivity index is 2.86. The average molecular weight is 266 g/mol. The summed E-state index contributed by atoms with van der Waals surface area (Å²) in [5.41, 5.74) is 4.03. The standard InChI is InChI=1S/C15H26N2O2/c1-5-6-11(2)9-13(17-16)12-7-8-14(18-3)15(10-12)19-4/h7-8,10-11,13,17H,5-6,9,16H2,1-4H3. The fourth-order valence-corrected chi connectivity index (χ4v) is 2.38. The maximum absolute atomic E-state index is 5.69. The summed E-state index contributed by atoms with van der Waals surface area (Å²) in [5, 5.41) is 0. The third-order valence-electron chi connectivity index (χ3n) is 3.43. The zero-order chi connectivity index (χ0) is 14.3. The van der Waals surface area contributed by atoms with Gasteiger partial charge in [-0.15, -0.1) is 0 Å². The fourth-order valence-electron chi connectivity index (χ4n) is 2.38. The first-order chi connectivity index (χ1) is 9.15. The summed E-state index contributed by atoms with van der Waals surface area (Å²) in [6.45, 7) is 4.46. The summed E-state index contributed by atoms with van der Waals surface area (Å²) in [7, 11) is 3.28. The van der Waals surface area contributed by atoms with Gasteiger partial charge in [0.15, 0.2) is 11.5 Å². The first kappa shape index (κ1) is 15.8. The normalized spacial score (nSPS) is 13.9. The third kappa shape index (κ3) is 4.40. The molecule has 0 spiro atoms. The highest BCUT2D eigenvalue weighted by Gasteiger charge is 2.15. The van der Waals surface area contributed by atoms with Gasteiger partial charge in [0.05, 0.1) is 14.2 Å². The molecule has 4 nitrogen and oxygen atoms in total. The smallest absolute Gasteiger partial charge is 0.161 e. The van der Waals surface area contributed by atoms with E-state index in [4.69, 9.17) is 15.3 Å². The predicted molar refractivity (Wildman–Crippen MR) is 78.3 cm³/mol. The summed E-state index contributed by atoms with van der Waals surface area (Å²) in [6, 6.07) is 6.08. The molecule has 0 aliphatic rings. The Morgan fingerprint density at radius 3 is 2.42 bits per heavy atom. The molecule has 108 valence electrons. The van der Waals surface area contributed by atoms with Gasteiger partial charge in [-0.25, -0.2) is 0 Å². The highest BCUT2D eigenvalue weighted by molar-refractivity contribution is 5.43. The second-order valence-electron chi connectivity index (χ2n) is 4.96. The van der Waals surface area contributed by atoms with Gasteiger partial charge in [-0.05, 0) is 30.0 Å². The number of nitrogens with two attached hydrogens (primary N) is 1. The lowest BCUT2D eigenvalue weighted by molar-refractivity contribution is 0.351. The van der Waals surface area contributed by atoms with Crippen LogP contribution in [-0.2, 0) is 0 Å². The Bertz CT molecular complexity index is 382. The van der Waals surface area contributed by atoms with Gasteiger partial charge in [0.2, 0.25) is 0 Å². The average Bonchev–Trinajstić information content (AvgIpc) is 2.44. The molecule has 0 saturated heterocycles. The van der Waals surface area contributed by atoms with Crippen LogP contribution in [-0.4, -0.2) is 14.2 Å². The summed E-state index contributed by atoms with van der Waals surface area (Å²) >= 11 is 0. The van der Waals surface area contributed by atoms with Crippen LogP contribution in [0.3, 0.4) is 0 Å². The molecule has 0 fully saturated rings. The van der Waals surface area contributed by atoms with Gasteiger partial charge in [0, 0.05) is 6.04 Å². The van der Waals surface area contributed by atoms with Crippen LogP contribution < -0.4 is 20.7 Å². The zero-order valence-corrected chi connectivity index (χ0v) is 12.4. The van der Waals surface area contributed by atoms with E-state index in [-0.39, 0.29) is 6.04 Å². The van der Waals surface area contributed by atoms with Crippen molar-refractivity contribution in [3.05, 3.63) is 23.8 Å². The van der Waals surface area contributed by atoms with Crippen molar-refractivity contribution in [2.45, 2.75) is 39.2 Å². The van der Waals surface area contributed by atoms with Crippen molar-refractivity contribution >= 4 is 0 Å². The maximum Gasteiger partial charge on any atom is 0.161 e. The molecule has 0 bridgehead atoms. The molecule has 0 saturated carbocycles. The van der Waals surface area contributed by atoms with Crippen molar-refractivity contribution in [3.8, 4) is 11.5 Å². The molecule has 0 aliphatic carbocycles. The highest BCUT2D eigenvalue weighted by Crippen LogP contribution is 2.32. The van der Waals surface area contributed by atoms with E-state index in [0.29, 0.717) is 5.92 Å². The van der Waals surface area contributed by atoms with E-state index in [1.165, 1.54) is 12.8 Å². The lowest BCUT2D eigenvalue weighted by Gasteiger charge is -2.21. The fraction of sp³-hybridized carbons (Fsp3) is 0.600. The topological polar surface area (TPSA) is 56.5 Å². The van der Waals surface area contributed by atoms with Crippen LogP contribution in [0, 0.1) is 5.92 Å². The van der Waals surface area contributed by atoms with E-state index < -0.39 is 0 Å². The predicted octanol–water partition coefficient (Wildman–Crippen LogP) is 3.03. The molecule has 2 unspecified atom stereocenters. The molecule has 0 radical (unpaired) electrons. The van der Waals surface area contributed by atoms with Crippen LogP contribution in [0.1, 0.15) is 44.7 Å². The molecule has 0 aliphatic heterocycles. The summed E-state index contributed by atoms with van der Waals surface area (Å²) in [5.74, 6) is 7.81. The van der Waals surface area contributed by atoms with Gasteiger partial charge < -0.3 is 9.47 Å². The molecule has 4 heteroatoms. The van der Waals surface area contributed by atoms with Crippen molar-refractivity contribution < 1.29 is 9.47 Å². The number of methoxy groups -OCH3 is 2. The number of hydrazine groups is 1. The van der Waals surface area contributed by atoms with Crippen LogP contribution in [0.25, 0.3) is 0 Å². The second kappa shape index (κ2) is 8.02. The first-order valence-electron chi connectivity index (χ1n) is 6.84. The molecular weight excluding hydrogens is 240 g/mol. The van der Waals surface area contributed by atoms with Crippen molar-refractivity contribution in [3.63, 3.8) is 0 Å². The lowest BCUT2D eigenvalue weighted by Crippen LogP contribution is -2.29. The summed E-state index contributed by atoms with van der Waals surface area (Å²) in [4.78, 5) is 0. The van der Waals surface area contributed by atoms with E-state index in [0.717, 1.165) is 23.5 Å². The van der Waals surface area contributed by atoms with Crippen molar-refractivity contribution in [2.24, 2.45) is 11.8 Å². The SMILES string of the molecule is CCCC(C)CC(NN)c1ccc(OC)c(OC)c1. The minimum atomic E-state index is 0.140. The molecule has 2 atom stereocenters.